The summed E-state index contributed by atoms with van der Waals surface area (Å²) in [5.41, 5.74) is 5.27. The zero-order valence-corrected chi connectivity index (χ0v) is 7.95. The Morgan fingerprint density at radius 2 is 2.46 bits per heavy atom. The van der Waals surface area contributed by atoms with E-state index in [4.69, 9.17) is 15.6 Å². The summed E-state index contributed by atoms with van der Waals surface area (Å²) in [6.45, 7) is 2.88. The molecule has 3 N–H and O–H groups in total. The Morgan fingerprint density at radius 3 is 2.85 bits per heavy atom. The molecule has 0 aliphatic carbocycles. The highest BCUT2D eigenvalue weighted by Gasteiger charge is 2.35. The van der Waals surface area contributed by atoms with Crippen molar-refractivity contribution in [3.05, 3.63) is 0 Å². The topological polar surface area (TPSA) is 72.6 Å². The number of carboxylic acids is 1. The number of hydrogen-bond donors (Lipinski definition) is 2. The Labute approximate surface area is 78.1 Å². The van der Waals surface area contributed by atoms with E-state index in [-0.39, 0.29) is 17.9 Å². The van der Waals surface area contributed by atoms with Crippen molar-refractivity contribution in [1.29, 1.82) is 0 Å². The number of ether oxygens (including phenoxy) is 1. The third-order valence-electron chi connectivity index (χ3n) is 2.71. The zero-order valence-electron chi connectivity index (χ0n) is 7.95. The van der Waals surface area contributed by atoms with Gasteiger partial charge in [0.05, 0.1) is 19.1 Å². The van der Waals surface area contributed by atoms with Gasteiger partial charge in [-0.3, -0.25) is 4.79 Å². The highest BCUT2D eigenvalue weighted by Crippen LogP contribution is 2.33. The molecule has 1 heterocycles. The Morgan fingerprint density at radius 1 is 1.77 bits per heavy atom. The number of nitrogens with two attached hydrogens (primary N) is 1. The molecule has 4 nitrogen and oxygen atoms in total. The third-order valence-corrected chi connectivity index (χ3v) is 2.71. The first-order valence-corrected chi connectivity index (χ1v) is 4.61. The minimum Gasteiger partial charge on any atom is -0.481 e. The monoisotopic (exact) mass is 187 g/mol. The van der Waals surface area contributed by atoms with E-state index in [0.717, 1.165) is 12.8 Å². The summed E-state index contributed by atoms with van der Waals surface area (Å²) in [5, 5.41) is 8.72. The molecule has 1 aliphatic rings. The first-order chi connectivity index (χ1) is 6.08. The van der Waals surface area contributed by atoms with E-state index in [0.29, 0.717) is 13.2 Å². The van der Waals surface area contributed by atoms with Crippen molar-refractivity contribution < 1.29 is 14.6 Å². The van der Waals surface area contributed by atoms with Crippen LogP contribution in [-0.4, -0.2) is 30.3 Å². The minimum atomic E-state index is -0.788. The summed E-state index contributed by atoms with van der Waals surface area (Å²) in [6, 6.07) is 0. The van der Waals surface area contributed by atoms with Crippen molar-refractivity contribution in [1.82, 2.24) is 0 Å². The molecule has 4 heteroatoms. The molecule has 0 saturated carbocycles. The number of carboxylic acid groups (broad SMARTS) is 1. The SMILES string of the molecule is CC1CCC(CN)(CC(=O)O)CO1. The molecule has 0 aromatic heterocycles. The first-order valence-electron chi connectivity index (χ1n) is 4.61. The molecule has 1 rings (SSSR count). The molecule has 0 aromatic carbocycles. The lowest BCUT2D eigenvalue weighted by Crippen LogP contribution is -2.42. The smallest absolute Gasteiger partial charge is 0.304 e. The summed E-state index contributed by atoms with van der Waals surface area (Å²) in [7, 11) is 0. The largest absolute Gasteiger partial charge is 0.481 e. The highest BCUT2D eigenvalue weighted by atomic mass is 16.5. The molecular formula is C9H17NO3. The molecule has 76 valence electrons. The molecule has 1 fully saturated rings. The summed E-state index contributed by atoms with van der Waals surface area (Å²) < 4.78 is 5.44. The van der Waals surface area contributed by atoms with Gasteiger partial charge in [0.15, 0.2) is 0 Å². The van der Waals surface area contributed by atoms with Gasteiger partial charge in [0.25, 0.3) is 0 Å². The molecule has 0 amide bonds. The maximum absolute atomic E-state index is 10.6. The van der Waals surface area contributed by atoms with Crippen molar-refractivity contribution in [2.24, 2.45) is 11.1 Å². The van der Waals surface area contributed by atoms with E-state index in [1.165, 1.54) is 0 Å². The van der Waals surface area contributed by atoms with Crippen LogP contribution >= 0.6 is 0 Å². The molecule has 2 unspecified atom stereocenters. The van der Waals surface area contributed by atoms with Crippen LogP contribution in [-0.2, 0) is 9.53 Å². The molecule has 1 saturated heterocycles. The van der Waals surface area contributed by atoms with E-state index in [2.05, 4.69) is 0 Å². The van der Waals surface area contributed by atoms with Crippen molar-refractivity contribution >= 4 is 5.97 Å². The average molecular weight is 187 g/mol. The van der Waals surface area contributed by atoms with E-state index in [9.17, 15) is 4.79 Å². The van der Waals surface area contributed by atoms with E-state index < -0.39 is 5.97 Å². The first kappa shape index (κ1) is 10.5. The number of carbonyl (C=O) groups is 1. The summed E-state index contributed by atoms with van der Waals surface area (Å²) in [4.78, 5) is 10.6. The van der Waals surface area contributed by atoms with Crippen molar-refractivity contribution in [2.45, 2.75) is 32.3 Å². The van der Waals surface area contributed by atoms with E-state index in [1.807, 2.05) is 6.92 Å². The van der Waals surface area contributed by atoms with Crippen LogP contribution in [0.3, 0.4) is 0 Å². The van der Waals surface area contributed by atoms with Crippen LogP contribution in [0.2, 0.25) is 0 Å². The lowest BCUT2D eigenvalue weighted by Gasteiger charge is -2.37. The van der Waals surface area contributed by atoms with Gasteiger partial charge in [0.1, 0.15) is 0 Å². The molecule has 0 radical (unpaired) electrons. The lowest BCUT2D eigenvalue weighted by atomic mass is 9.78. The molecule has 1 aliphatic heterocycles. The second kappa shape index (κ2) is 4.07. The molecule has 13 heavy (non-hydrogen) atoms. The van der Waals surface area contributed by atoms with Crippen molar-refractivity contribution in [3.8, 4) is 0 Å². The van der Waals surface area contributed by atoms with Gasteiger partial charge in [-0.2, -0.15) is 0 Å². The van der Waals surface area contributed by atoms with Crippen LogP contribution in [0.25, 0.3) is 0 Å². The second-order valence-electron chi connectivity index (χ2n) is 3.93. The van der Waals surface area contributed by atoms with Gasteiger partial charge in [-0.1, -0.05) is 0 Å². The van der Waals surface area contributed by atoms with Crippen LogP contribution in [0, 0.1) is 5.41 Å². The van der Waals surface area contributed by atoms with Gasteiger partial charge < -0.3 is 15.6 Å². The number of rotatable bonds is 3. The maximum atomic E-state index is 10.6. The number of hydrogen-bond acceptors (Lipinski definition) is 3. The van der Waals surface area contributed by atoms with Crippen LogP contribution in [0.4, 0.5) is 0 Å². The fraction of sp³-hybridized carbons (Fsp3) is 0.889. The van der Waals surface area contributed by atoms with Gasteiger partial charge in [-0.05, 0) is 19.8 Å². The lowest BCUT2D eigenvalue weighted by molar-refractivity contribution is -0.143. The summed E-state index contributed by atoms with van der Waals surface area (Å²) in [5.74, 6) is -0.788. The Balaban J connectivity index is 2.55. The average Bonchev–Trinajstić information content (AvgIpc) is 2.09. The normalized spacial score (nSPS) is 34.5. The van der Waals surface area contributed by atoms with Gasteiger partial charge in [-0.15, -0.1) is 0 Å². The van der Waals surface area contributed by atoms with Crippen LogP contribution in [0.15, 0.2) is 0 Å². The van der Waals surface area contributed by atoms with Gasteiger partial charge in [0, 0.05) is 12.0 Å². The quantitative estimate of drug-likeness (QED) is 0.678. The summed E-state index contributed by atoms with van der Waals surface area (Å²) >= 11 is 0. The molecule has 2 atom stereocenters. The Bertz CT molecular complexity index is 185. The van der Waals surface area contributed by atoms with Gasteiger partial charge in [-0.25, -0.2) is 0 Å². The molecule has 0 aromatic rings. The Hall–Kier alpha value is -0.610. The predicted octanol–water partition coefficient (Wildman–Crippen LogP) is 0.605. The van der Waals surface area contributed by atoms with Crippen LogP contribution in [0.5, 0.6) is 0 Å². The van der Waals surface area contributed by atoms with Crippen molar-refractivity contribution in [3.63, 3.8) is 0 Å². The van der Waals surface area contributed by atoms with E-state index >= 15 is 0 Å². The predicted molar refractivity (Wildman–Crippen MR) is 48.4 cm³/mol. The fourth-order valence-corrected chi connectivity index (χ4v) is 1.68. The van der Waals surface area contributed by atoms with Crippen molar-refractivity contribution in [2.75, 3.05) is 13.2 Å². The maximum Gasteiger partial charge on any atom is 0.304 e. The molecule has 0 bridgehead atoms. The third kappa shape index (κ3) is 2.67. The van der Waals surface area contributed by atoms with Crippen LogP contribution < -0.4 is 5.73 Å². The minimum absolute atomic E-state index is 0.121. The summed E-state index contributed by atoms with van der Waals surface area (Å²) in [6.07, 6.45) is 2.13. The Kier molecular flexibility index (Phi) is 3.27. The highest BCUT2D eigenvalue weighted by molar-refractivity contribution is 5.67. The zero-order chi connectivity index (χ0) is 9.90. The second-order valence-corrected chi connectivity index (χ2v) is 3.93. The molecular weight excluding hydrogens is 170 g/mol. The fourth-order valence-electron chi connectivity index (χ4n) is 1.68. The van der Waals surface area contributed by atoms with Gasteiger partial charge in [0.2, 0.25) is 0 Å². The number of aliphatic carboxylic acids is 1. The van der Waals surface area contributed by atoms with Crippen LogP contribution in [0.1, 0.15) is 26.2 Å². The van der Waals surface area contributed by atoms with Gasteiger partial charge >= 0.3 is 5.97 Å². The van der Waals surface area contributed by atoms with E-state index in [1.54, 1.807) is 0 Å². The molecule has 0 spiro atoms. The standard InChI is InChI=1S/C9H17NO3/c1-7-2-3-9(5-10,6-13-7)4-8(11)12/h7H,2-6,10H2,1H3,(H,11,12).